The highest BCUT2D eigenvalue weighted by Gasteiger charge is 2.09. The third kappa shape index (κ3) is 6.06. The number of hydrogen-bond acceptors (Lipinski definition) is 3. The van der Waals surface area contributed by atoms with Crippen molar-refractivity contribution in [3.63, 3.8) is 0 Å². The van der Waals surface area contributed by atoms with Crippen LogP contribution in [0.3, 0.4) is 0 Å². The highest BCUT2D eigenvalue weighted by molar-refractivity contribution is 5.94. The number of aliphatic imine (C=N–C) groups is 1. The Kier molecular flexibility index (Phi) is 7.73. The number of ether oxygens (including phenoxy) is 1. The van der Waals surface area contributed by atoms with Gasteiger partial charge in [0.15, 0.2) is 5.96 Å². The first-order valence-electron chi connectivity index (χ1n) is 9.07. The molecule has 0 aliphatic rings. The lowest BCUT2D eigenvalue weighted by Gasteiger charge is -2.22. The Morgan fingerprint density at radius 1 is 1.22 bits per heavy atom. The summed E-state index contributed by atoms with van der Waals surface area (Å²) in [5, 5.41) is 6.18. The molecule has 7 heteroatoms. The van der Waals surface area contributed by atoms with Crippen LogP contribution in [0.1, 0.15) is 23.0 Å². The normalized spacial score (nSPS) is 11.2. The minimum Gasteiger partial charge on any atom is -0.497 e. The minimum atomic E-state index is -0.116. The van der Waals surface area contributed by atoms with Gasteiger partial charge in [-0.05, 0) is 43.3 Å². The van der Waals surface area contributed by atoms with Crippen LogP contribution in [-0.4, -0.2) is 55.1 Å². The summed E-state index contributed by atoms with van der Waals surface area (Å²) in [7, 11) is 5.64. The van der Waals surface area contributed by atoms with E-state index in [1.54, 1.807) is 31.4 Å². The number of rotatable bonds is 8. The van der Waals surface area contributed by atoms with Gasteiger partial charge in [0.2, 0.25) is 0 Å². The predicted molar refractivity (Wildman–Crippen MR) is 108 cm³/mol. The van der Waals surface area contributed by atoms with Crippen molar-refractivity contribution in [3.05, 3.63) is 53.9 Å². The maximum Gasteiger partial charge on any atom is 0.251 e. The first-order chi connectivity index (χ1) is 13.0. The maximum atomic E-state index is 12.2. The topological polar surface area (TPSA) is 70.9 Å². The molecule has 1 aromatic heterocycles. The van der Waals surface area contributed by atoms with Crippen molar-refractivity contribution in [1.29, 1.82) is 0 Å². The number of methoxy groups -OCH3 is 1. The SMILES string of the molecule is CCNC(=NCCNC(=O)c1ccc(OC)cc1)N(C)Cc1cccn1C. The number of nitrogens with zero attached hydrogens (tertiary/aromatic N) is 3. The molecule has 2 aromatic rings. The van der Waals surface area contributed by atoms with E-state index in [0.717, 1.165) is 24.8 Å². The highest BCUT2D eigenvalue weighted by atomic mass is 16.5. The molecule has 0 aliphatic heterocycles. The van der Waals surface area contributed by atoms with Crippen LogP contribution < -0.4 is 15.4 Å². The summed E-state index contributed by atoms with van der Waals surface area (Å²) in [6.07, 6.45) is 2.03. The number of amides is 1. The Hall–Kier alpha value is -2.96. The Labute approximate surface area is 161 Å². The molecule has 0 radical (unpaired) electrons. The zero-order valence-corrected chi connectivity index (χ0v) is 16.5. The van der Waals surface area contributed by atoms with Crippen molar-refractivity contribution in [2.75, 3.05) is 33.8 Å². The van der Waals surface area contributed by atoms with Crippen molar-refractivity contribution < 1.29 is 9.53 Å². The van der Waals surface area contributed by atoms with Crippen LogP contribution in [0, 0.1) is 0 Å². The van der Waals surface area contributed by atoms with Gasteiger partial charge in [-0.25, -0.2) is 0 Å². The van der Waals surface area contributed by atoms with Crippen LogP contribution >= 0.6 is 0 Å². The van der Waals surface area contributed by atoms with E-state index in [4.69, 9.17) is 4.74 Å². The molecule has 0 saturated carbocycles. The van der Waals surface area contributed by atoms with Crippen molar-refractivity contribution in [2.24, 2.45) is 12.0 Å². The number of nitrogens with one attached hydrogen (secondary N) is 2. The largest absolute Gasteiger partial charge is 0.497 e. The molecule has 1 aromatic carbocycles. The zero-order chi connectivity index (χ0) is 19.6. The van der Waals surface area contributed by atoms with Gasteiger partial charge in [0.25, 0.3) is 5.91 Å². The molecule has 7 nitrogen and oxygen atoms in total. The zero-order valence-electron chi connectivity index (χ0n) is 16.5. The van der Waals surface area contributed by atoms with Gasteiger partial charge in [-0.2, -0.15) is 0 Å². The van der Waals surface area contributed by atoms with E-state index >= 15 is 0 Å². The molecule has 2 N–H and O–H groups in total. The van der Waals surface area contributed by atoms with Gasteiger partial charge in [-0.3, -0.25) is 9.79 Å². The summed E-state index contributed by atoms with van der Waals surface area (Å²) < 4.78 is 7.19. The average Bonchev–Trinajstić information content (AvgIpc) is 3.08. The number of benzene rings is 1. The van der Waals surface area contributed by atoms with Crippen molar-refractivity contribution >= 4 is 11.9 Å². The Balaban J connectivity index is 1.86. The highest BCUT2D eigenvalue weighted by Crippen LogP contribution is 2.11. The Morgan fingerprint density at radius 2 is 1.96 bits per heavy atom. The van der Waals surface area contributed by atoms with E-state index in [-0.39, 0.29) is 5.91 Å². The van der Waals surface area contributed by atoms with E-state index in [0.29, 0.717) is 18.7 Å². The molecule has 0 unspecified atom stereocenters. The molecular weight excluding hydrogens is 342 g/mol. The number of aromatic nitrogens is 1. The number of carbonyl (C=O) groups is 1. The van der Waals surface area contributed by atoms with Crippen LogP contribution in [0.2, 0.25) is 0 Å². The number of aryl methyl sites for hydroxylation is 1. The van der Waals surface area contributed by atoms with Crippen LogP contribution in [0.5, 0.6) is 5.75 Å². The molecule has 1 heterocycles. The lowest BCUT2D eigenvalue weighted by Crippen LogP contribution is -2.39. The van der Waals surface area contributed by atoms with E-state index in [9.17, 15) is 4.79 Å². The molecule has 27 heavy (non-hydrogen) atoms. The number of hydrogen-bond donors (Lipinski definition) is 2. The number of guanidine groups is 1. The van der Waals surface area contributed by atoms with Crippen LogP contribution in [0.25, 0.3) is 0 Å². The molecule has 0 spiro atoms. The fourth-order valence-electron chi connectivity index (χ4n) is 2.62. The molecule has 0 saturated heterocycles. The van der Waals surface area contributed by atoms with Crippen LogP contribution in [0.15, 0.2) is 47.6 Å². The van der Waals surface area contributed by atoms with Gasteiger partial charge in [-0.1, -0.05) is 0 Å². The summed E-state index contributed by atoms with van der Waals surface area (Å²) in [5.74, 6) is 1.43. The molecule has 1 amide bonds. The van der Waals surface area contributed by atoms with E-state index in [1.807, 2.05) is 33.3 Å². The maximum absolute atomic E-state index is 12.2. The second kappa shape index (κ2) is 10.3. The first-order valence-corrected chi connectivity index (χ1v) is 9.07. The van der Waals surface area contributed by atoms with E-state index in [1.165, 1.54) is 5.69 Å². The summed E-state index contributed by atoms with van der Waals surface area (Å²) in [6, 6.07) is 11.2. The molecule has 0 fully saturated rings. The molecule has 0 bridgehead atoms. The summed E-state index contributed by atoms with van der Waals surface area (Å²) >= 11 is 0. The smallest absolute Gasteiger partial charge is 0.251 e. The van der Waals surface area contributed by atoms with Gasteiger partial charge in [0.05, 0.1) is 20.2 Å². The quantitative estimate of drug-likeness (QED) is 0.422. The fourth-order valence-corrected chi connectivity index (χ4v) is 2.62. The second-order valence-corrected chi connectivity index (χ2v) is 6.19. The van der Waals surface area contributed by atoms with Crippen LogP contribution in [-0.2, 0) is 13.6 Å². The van der Waals surface area contributed by atoms with E-state index < -0.39 is 0 Å². The van der Waals surface area contributed by atoms with Gasteiger partial charge < -0.3 is 24.8 Å². The summed E-state index contributed by atoms with van der Waals surface area (Å²) in [4.78, 5) is 18.8. The van der Waals surface area contributed by atoms with Crippen molar-refractivity contribution in [2.45, 2.75) is 13.5 Å². The van der Waals surface area contributed by atoms with Gasteiger partial charge in [0.1, 0.15) is 5.75 Å². The predicted octanol–water partition coefficient (Wildman–Crippen LogP) is 1.86. The van der Waals surface area contributed by atoms with Crippen molar-refractivity contribution in [3.8, 4) is 5.75 Å². The van der Waals surface area contributed by atoms with Crippen LogP contribution in [0.4, 0.5) is 0 Å². The third-order valence-electron chi connectivity index (χ3n) is 4.16. The number of carbonyl (C=O) groups excluding carboxylic acids is 1. The lowest BCUT2D eigenvalue weighted by atomic mass is 10.2. The Morgan fingerprint density at radius 3 is 2.56 bits per heavy atom. The minimum absolute atomic E-state index is 0.116. The van der Waals surface area contributed by atoms with Crippen molar-refractivity contribution in [1.82, 2.24) is 20.1 Å². The van der Waals surface area contributed by atoms with E-state index in [2.05, 4.69) is 31.2 Å². The fraction of sp³-hybridized carbons (Fsp3) is 0.400. The lowest BCUT2D eigenvalue weighted by molar-refractivity contribution is 0.0954. The summed E-state index contributed by atoms with van der Waals surface area (Å²) in [5.41, 5.74) is 1.81. The molecular formula is C20H29N5O2. The molecule has 146 valence electrons. The second-order valence-electron chi connectivity index (χ2n) is 6.19. The van der Waals surface area contributed by atoms with Gasteiger partial charge >= 0.3 is 0 Å². The molecule has 0 atom stereocenters. The Bertz CT molecular complexity index is 752. The third-order valence-corrected chi connectivity index (χ3v) is 4.16. The molecule has 2 rings (SSSR count). The van der Waals surface area contributed by atoms with Gasteiger partial charge in [-0.15, -0.1) is 0 Å². The standard InChI is InChI=1S/C20H29N5O2/c1-5-21-20(25(3)15-17-7-6-14-24(17)2)23-13-12-22-19(26)16-8-10-18(27-4)11-9-16/h6-11,14H,5,12-13,15H2,1-4H3,(H,21,23)(H,22,26). The summed E-state index contributed by atoms with van der Waals surface area (Å²) in [6.45, 7) is 4.55. The molecule has 0 aliphatic carbocycles. The first kappa shape index (κ1) is 20.4. The average molecular weight is 371 g/mol. The van der Waals surface area contributed by atoms with Gasteiger partial charge in [0, 0.05) is 44.6 Å². The monoisotopic (exact) mass is 371 g/mol.